The fourth-order valence-electron chi connectivity index (χ4n) is 2.34. The lowest BCUT2D eigenvalue weighted by Gasteiger charge is -2.28. The van der Waals surface area contributed by atoms with Crippen LogP contribution in [0.25, 0.3) is 0 Å². The Kier molecular flexibility index (Phi) is 3.76. The molecule has 1 aliphatic heterocycles. The Morgan fingerprint density at radius 1 is 1.61 bits per heavy atom. The molecule has 1 aliphatic rings. The number of aryl methyl sites for hydroxylation is 1. The minimum atomic E-state index is -0.366. The number of aromatic nitrogens is 1. The van der Waals surface area contributed by atoms with E-state index in [0.29, 0.717) is 17.4 Å². The van der Waals surface area contributed by atoms with Crippen LogP contribution < -0.4 is 10.6 Å². The Bertz CT molecular complexity index is 450. The van der Waals surface area contributed by atoms with Crippen LogP contribution in [-0.4, -0.2) is 28.5 Å². The molecule has 0 radical (unpaired) electrons. The van der Waals surface area contributed by atoms with Crippen molar-refractivity contribution in [3.8, 4) is 0 Å². The molecule has 6 nitrogen and oxygen atoms in total. The molecule has 2 heterocycles. The molecule has 2 atom stereocenters. The molecule has 0 bridgehead atoms. The quantitative estimate of drug-likeness (QED) is 0.632. The van der Waals surface area contributed by atoms with E-state index in [1.54, 1.807) is 19.2 Å². The van der Waals surface area contributed by atoms with E-state index in [0.717, 1.165) is 19.4 Å². The van der Waals surface area contributed by atoms with Crippen molar-refractivity contribution in [1.82, 2.24) is 10.3 Å². The van der Waals surface area contributed by atoms with E-state index >= 15 is 0 Å². The molecule has 0 saturated carbocycles. The first-order valence-corrected chi connectivity index (χ1v) is 6.18. The van der Waals surface area contributed by atoms with Crippen LogP contribution >= 0.6 is 0 Å². The molecule has 2 unspecified atom stereocenters. The van der Waals surface area contributed by atoms with Crippen molar-refractivity contribution in [2.75, 3.05) is 11.9 Å². The third-order valence-corrected chi connectivity index (χ3v) is 3.27. The highest BCUT2D eigenvalue weighted by molar-refractivity contribution is 5.60. The standard InChI is InChI=1S/C12H18N4O2/c1-8-3-5-14-12(11(8)16(17)18)15-10-4-6-13-9(2)7-10/h3,5,9-10,13H,4,6-7H2,1-2H3,(H,14,15). The average Bonchev–Trinajstić information content (AvgIpc) is 2.28. The summed E-state index contributed by atoms with van der Waals surface area (Å²) in [6.07, 6.45) is 3.51. The monoisotopic (exact) mass is 250 g/mol. The van der Waals surface area contributed by atoms with Gasteiger partial charge in [-0.25, -0.2) is 4.98 Å². The zero-order valence-electron chi connectivity index (χ0n) is 10.6. The molecule has 98 valence electrons. The third kappa shape index (κ3) is 2.76. The molecule has 1 aromatic rings. The fourth-order valence-corrected chi connectivity index (χ4v) is 2.34. The summed E-state index contributed by atoms with van der Waals surface area (Å²) in [5.74, 6) is 0.388. The third-order valence-electron chi connectivity index (χ3n) is 3.27. The second kappa shape index (κ2) is 5.30. The minimum absolute atomic E-state index is 0.0867. The number of anilines is 1. The zero-order valence-corrected chi connectivity index (χ0v) is 10.6. The molecule has 1 saturated heterocycles. The van der Waals surface area contributed by atoms with Gasteiger partial charge in [0.1, 0.15) is 0 Å². The average molecular weight is 250 g/mol. The van der Waals surface area contributed by atoms with Crippen LogP contribution in [0.2, 0.25) is 0 Å². The molecule has 6 heteroatoms. The van der Waals surface area contributed by atoms with E-state index in [1.807, 2.05) is 0 Å². The van der Waals surface area contributed by atoms with E-state index in [9.17, 15) is 10.1 Å². The lowest BCUT2D eigenvalue weighted by Crippen LogP contribution is -2.41. The molecule has 0 aliphatic carbocycles. The predicted molar refractivity (Wildman–Crippen MR) is 69.7 cm³/mol. The van der Waals surface area contributed by atoms with E-state index in [2.05, 4.69) is 22.5 Å². The first kappa shape index (κ1) is 12.8. The van der Waals surface area contributed by atoms with E-state index in [1.165, 1.54) is 0 Å². The topological polar surface area (TPSA) is 80.1 Å². The van der Waals surface area contributed by atoms with Crippen LogP contribution in [0.5, 0.6) is 0 Å². The van der Waals surface area contributed by atoms with Gasteiger partial charge in [-0.05, 0) is 39.3 Å². The molecule has 18 heavy (non-hydrogen) atoms. The predicted octanol–water partition coefficient (Wildman–Crippen LogP) is 1.85. The summed E-state index contributed by atoms with van der Waals surface area (Å²) in [5.41, 5.74) is 0.725. The van der Waals surface area contributed by atoms with Gasteiger partial charge in [-0.15, -0.1) is 0 Å². The van der Waals surface area contributed by atoms with Gasteiger partial charge in [-0.2, -0.15) is 0 Å². The van der Waals surface area contributed by atoms with Crippen molar-refractivity contribution in [2.24, 2.45) is 0 Å². The fraction of sp³-hybridized carbons (Fsp3) is 0.583. The van der Waals surface area contributed by atoms with E-state index in [4.69, 9.17) is 0 Å². The maximum Gasteiger partial charge on any atom is 0.314 e. The highest BCUT2D eigenvalue weighted by Crippen LogP contribution is 2.27. The summed E-state index contributed by atoms with van der Waals surface area (Å²) in [7, 11) is 0. The highest BCUT2D eigenvalue weighted by Gasteiger charge is 2.23. The molecule has 2 rings (SSSR count). The Morgan fingerprint density at radius 3 is 3.06 bits per heavy atom. The molecule has 0 aromatic carbocycles. The van der Waals surface area contributed by atoms with Crippen molar-refractivity contribution in [2.45, 2.75) is 38.8 Å². The zero-order chi connectivity index (χ0) is 13.1. The van der Waals surface area contributed by atoms with Crippen LogP contribution in [0.4, 0.5) is 11.5 Å². The number of nitro groups is 1. The smallest absolute Gasteiger partial charge is 0.314 e. The number of rotatable bonds is 3. The van der Waals surface area contributed by atoms with Gasteiger partial charge in [-0.1, -0.05) is 0 Å². The summed E-state index contributed by atoms with van der Waals surface area (Å²) in [6, 6.07) is 2.34. The lowest BCUT2D eigenvalue weighted by atomic mass is 10.0. The molecule has 1 aromatic heterocycles. The molecule has 2 N–H and O–H groups in total. The summed E-state index contributed by atoms with van der Waals surface area (Å²) in [4.78, 5) is 14.8. The SMILES string of the molecule is Cc1ccnc(NC2CCNC(C)C2)c1[N+](=O)[O-]. The van der Waals surface area contributed by atoms with Crippen LogP contribution in [-0.2, 0) is 0 Å². The van der Waals surface area contributed by atoms with Crippen molar-refractivity contribution in [3.05, 3.63) is 27.9 Å². The van der Waals surface area contributed by atoms with Crippen LogP contribution in [0, 0.1) is 17.0 Å². The van der Waals surface area contributed by atoms with Gasteiger partial charge in [0.15, 0.2) is 0 Å². The number of pyridine rings is 1. The molecule has 0 spiro atoms. The minimum Gasteiger partial charge on any atom is -0.361 e. The second-order valence-electron chi connectivity index (χ2n) is 4.80. The molecule has 0 amide bonds. The number of hydrogen-bond acceptors (Lipinski definition) is 5. The van der Waals surface area contributed by atoms with Gasteiger partial charge in [0.05, 0.1) is 4.92 Å². The summed E-state index contributed by atoms with van der Waals surface area (Å²) in [5, 5.41) is 17.6. The van der Waals surface area contributed by atoms with Crippen LogP contribution in [0.1, 0.15) is 25.3 Å². The lowest BCUT2D eigenvalue weighted by molar-refractivity contribution is -0.384. The van der Waals surface area contributed by atoms with Gasteiger partial charge in [0.25, 0.3) is 0 Å². The van der Waals surface area contributed by atoms with Gasteiger partial charge in [0.2, 0.25) is 5.82 Å². The van der Waals surface area contributed by atoms with Crippen molar-refractivity contribution < 1.29 is 4.92 Å². The van der Waals surface area contributed by atoms with Crippen molar-refractivity contribution in [1.29, 1.82) is 0 Å². The highest BCUT2D eigenvalue weighted by atomic mass is 16.6. The van der Waals surface area contributed by atoms with E-state index < -0.39 is 0 Å². The Hall–Kier alpha value is -1.69. The van der Waals surface area contributed by atoms with Gasteiger partial charge in [-0.3, -0.25) is 10.1 Å². The molecule has 1 fully saturated rings. The number of piperidine rings is 1. The molecular weight excluding hydrogens is 232 g/mol. The van der Waals surface area contributed by atoms with Gasteiger partial charge >= 0.3 is 5.69 Å². The first-order chi connectivity index (χ1) is 8.58. The van der Waals surface area contributed by atoms with Crippen molar-refractivity contribution in [3.63, 3.8) is 0 Å². The van der Waals surface area contributed by atoms with Gasteiger partial charge < -0.3 is 10.6 Å². The Balaban J connectivity index is 2.18. The Labute approximate surface area is 106 Å². The number of nitrogens with zero attached hydrogens (tertiary/aromatic N) is 2. The largest absolute Gasteiger partial charge is 0.361 e. The second-order valence-corrected chi connectivity index (χ2v) is 4.80. The maximum absolute atomic E-state index is 11.1. The van der Waals surface area contributed by atoms with Crippen molar-refractivity contribution >= 4 is 11.5 Å². The van der Waals surface area contributed by atoms with Gasteiger partial charge in [0, 0.05) is 23.8 Å². The van der Waals surface area contributed by atoms with E-state index in [-0.39, 0.29) is 16.7 Å². The summed E-state index contributed by atoms with van der Waals surface area (Å²) < 4.78 is 0. The number of nitrogens with one attached hydrogen (secondary N) is 2. The molecular formula is C12H18N4O2. The first-order valence-electron chi connectivity index (χ1n) is 6.18. The number of hydrogen-bond donors (Lipinski definition) is 2. The Morgan fingerprint density at radius 2 is 2.39 bits per heavy atom. The summed E-state index contributed by atoms with van der Waals surface area (Å²) >= 11 is 0. The summed E-state index contributed by atoms with van der Waals surface area (Å²) in [6.45, 7) is 4.78. The van der Waals surface area contributed by atoms with Crippen LogP contribution in [0.3, 0.4) is 0 Å². The maximum atomic E-state index is 11.1. The normalized spacial score (nSPS) is 23.7. The van der Waals surface area contributed by atoms with Crippen LogP contribution in [0.15, 0.2) is 12.3 Å².